The molecule has 1 aliphatic carbocycles. The Bertz CT molecular complexity index is 918. The minimum absolute atomic E-state index is 0.112. The third-order valence-electron chi connectivity index (χ3n) is 6.01. The monoisotopic (exact) mass is 399 g/mol. The van der Waals surface area contributed by atoms with Crippen molar-refractivity contribution in [3.8, 4) is 11.4 Å². The fraction of sp³-hybridized carbons (Fsp3) is 0.500. The summed E-state index contributed by atoms with van der Waals surface area (Å²) in [5.74, 6) is 1.04. The minimum atomic E-state index is -0.137. The molecule has 1 aliphatic heterocycles. The zero-order valence-corrected chi connectivity index (χ0v) is 17.0. The number of H-pyrrole nitrogens is 1. The highest BCUT2D eigenvalue weighted by molar-refractivity contribution is 6.30. The fourth-order valence-electron chi connectivity index (χ4n) is 4.12. The van der Waals surface area contributed by atoms with Crippen LogP contribution in [-0.2, 0) is 11.3 Å². The van der Waals surface area contributed by atoms with Gasteiger partial charge < -0.3 is 9.88 Å². The van der Waals surface area contributed by atoms with Crippen LogP contribution in [0.4, 0.5) is 0 Å². The van der Waals surface area contributed by atoms with E-state index in [0.717, 1.165) is 49.8 Å². The summed E-state index contributed by atoms with van der Waals surface area (Å²) in [6.07, 6.45) is 6.16. The van der Waals surface area contributed by atoms with Crippen molar-refractivity contribution in [2.24, 2.45) is 5.92 Å². The Morgan fingerprint density at radius 1 is 1.29 bits per heavy atom. The second-order valence-electron chi connectivity index (χ2n) is 7.97. The lowest BCUT2D eigenvalue weighted by Crippen LogP contribution is -2.45. The van der Waals surface area contributed by atoms with Crippen LogP contribution in [0.2, 0.25) is 5.02 Å². The van der Waals surface area contributed by atoms with Gasteiger partial charge in [-0.25, -0.2) is 4.98 Å². The number of unbranched alkanes of at least 4 members (excludes halogenated alkanes) is 1. The van der Waals surface area contributed by atoms with Gasteiger partial charge in [0.1, 0.15) is 5.82 Å². The Balaban J connectivity index is 1.70. The molecule has 28 heavy (non-hydrogen) atoms. The van der Waals surface area contributed by atoms with Gasteiger partial charge in [-0.1, -0.05) is 37.8 Å². The SMILES string of the molecule is CCCCC1CN(C(=O)C2CCC2)Cc2c1nc(-c1ccc(Cl)cc1)[nH]c2=O. The molecule has 0 radical (unpaired) electrons. The smallest absolute Gasteiger partial charge is 0.256 e. The summed E-state index contributed by atoms with van der Waals surface area (Å²) in [6.45, 7) is 3.20. The summed E-state index contributed by atoms with van der Waals surface area (Å²) in [5.41, 5.74) is 2.21. The molecule has 5 nitrogen and oxygen atoms in total. The van der Waals surface area contributed by atoms with Crippen LogP contribution in [0.5, 0.6) is 0 Å². The van der Waals surface area contributed by atoms with Crippen molar-refractivity contribution in [3.63, 3.8) is 0 Å². The topological polar surface area (TPSA) is 66.1 Å². The number of halogens is 1. The lowest BCUT2D eigenvalue weighted by molar-refractivity contribution is -0.139. The number of amides is 1. The molecule has 4 rings (SSSR count). The number of rotatable bonds is 5. The normalized spacial score (nSPS) is 19.2. The van der Waals surface area contributed by atoms with Crippen LogP contribution in [0.1, 0.15) is 62.6 Å². The third kappa shape index (κ3) is 3.72. The summed E-state index contributed by atoms with van der Waals surface area (Å²) in [6, 6.07) is 7.32. The van der Waals surface area contributed by atoms with Gasteiger partial charge in [-0.3, -0.25) is 9.59 Å². The largest absolute Gasteiger partial charge is 0.337 e. The summed E-state index contributed by atoms with van der Waals surface area (Å²) in [4.78, 5) is 35.4. The van der Waals surface area contributed by atoms with E-state index >= 15 is 0 Å². The standard InChI is InChI=1S/C22H26ClN3O2/c1-2-3-5-16-12-26(22(28)15-6-4-7-15)13-18-19(16)24-20(25-21(18)27)14-8-10-17(23)11-9-14/h8-11,15-16H,2-7,12-13H2,1H3,(H,24,25,27). The predicted octanol–water partition coefficient (Wildman–Crippen LogP) is 4.51. The van der Waals surface area contributed by atoms with Crippen LogP contribution in [0.3, 0.4) is 0 Å². The summed E-state index contributed by atoms with van der Waals surface area (Å²) < 4.78 is 0. The molecule has 1 saturated carbocycles. The van der Waals surface area contributed by atoms with Crippen LogP contribution in [0.25, 0.3) is 11.4 Å². The zero-order chi connectivity index (χ0) is 19.7. The Morgan fingerprint density at radius 2 is 2.04 bits per heavy atom. The first-order chi connectivity index (χ1) is 13.6. The van der Waals surface area contributed by atoms with Gasteiger partial charge in [0.05, 0.1) is 17.8 Å². The number of aromatic nitrogens is 2. The molecule has 0 spiro atoms. The second kappa shape index (κ2) is 8.08. The molecule has 2 heterocycles. The maximum atomic E-state index is 12.9. The molecule has 0 bridgehead atoms. The van der Waals surface area contributed by atoms with E-state index < -0.39 is 0 Å². The number of carbonyl (C=O) groups is 1. The van der Waals surface area contributed by atoms with Crippen molar-refractivity contribution in [3.05, 3.63) is 50.9 Å². The minimum Gasteiger partial charge on any atom is -0.337 e. The fourth-order valence-corrected chi connectivity index (χ4v) is 4.24. The molecule has 0 saturated heterocycles. The van der Waals surface area contributed by atoms with Crippen LogP contribution in [-0.4, -0.2) is 27.3 Å². The van der Waals surface area contributed by atoms with Crippen molar-refractivity contribution in [1.82, 2.24) is 14.9 Å². The van der Waals surface area contributed by atoms with Gasteiger partial charge in [-0.15, -0.1) is 0 Å². The average Bonchev–Trinajstić information content (AvgIpc) is 2.65. The van der Waals surface area contributed by atoms with Crippen molar-refractivity contribution in [2.45, 2.75) is 57.9 Å². The number of aromatic amines is 1. The highest BCUT2D eigenvalue weighted by Crippen LogP contribution is 2.34. The van der Waals surface area contributed by atoms with Crippen LogP contribution in [0, 0.1) is 5.92 Å². The van der Waals surface area contributed by atoms with Gasteiger partial charge in [0, 0.05) is 29.0 Å². The van der Waals surface area contributed by atoms with Gasteiger partial charge in [-0.05, 0) is 43.5 Å². The number of hydrogen-bond donors (Lipinski definition) is 1. The molecule has 1 amide bonds. The first-order valence-corrected chi connectivity index (χ1v) is 10.6. The Kier molecular flexibility index (Phi) is 5.54. The molecule has 1 aromatic carbocycles. The Morgan fingerprint density at radius 3 is 2.68 bits per heavy atom. The van der Waals surface area contributed by atoms with Gasteiger partial charge >= 0.3 is 0 Å². The zero-order valence-electron chi connectivity index (χ0n) is 16.2. The molecule has 1 unspecified atom stereocenters. The number of hydrogen-bond acceptors (Lipinski definition) is 3. The number of nitrogens with zero attached hydrogens (tertiary/aromatic N) is 2. The van der Waals surface area contributed by atoms with E-state index in [0.29, 0.717) is 29.5 Å². The van der Waals surface area contributed by atoms with Crippen LogP contribution in [0.15, 0.2) is 29.1 Å². The van der Waals surface area contributed by atoms with E-state index in [9.17, 15) is 9.59 Å². The third-order valence-corrected chi connectivity index (χ3v) is 6.27. The number of carbonyl (C=O) groups excluding carboxylic acids is 1. The molecule has 1 aromatic heterocycles. The summed E-state index contributed by atoms with van der Waals surface area (Å²) >= 11 is 5.98. The van der Waals surface area contributed by atoms with Gasteiger partial charge in [0.2, 0.25) is 5.91 Å². The molecule has 1 fully saturated rings. The van der Waals surface area contributed by atoms with E-state index in [2.05, 4.69) is 11.9 Å². The number of nitrogens with one attached hydrogen (secondary N) is 1. The lowest BCUT2D eigenvalue weighted by atomic mass is 9.83. The molecule has 148 valence electrons. The Hall–Kier alpha value is -2.14. The van der Waals surface area contributed by atoms with Crippen molar-refractivity contribution >= 4 is 17.5 Å². The van der Waals surface area contributed by atoms with Crippen molar-refractivity contribution in [1.29, 1.82) is 0 Å². The van der Waals surface area contributed by atoms with E-state index in [1.54, 1.807) is 12.1 Å². The Labute approximate surface area is 170 Å². The molecular weight excluding hydrogens is 374 g/mol. The summed E-state index contributed by atoms with van der Waals surface area (Å²) in [5, 5.41) is 0.648. The number of benzene rings is 1. The maximum Gasteiger partial charge on any atom is 0.256 e. The number of fused-ring (bicyclic) bond motifs is 1. The quantitative estimate of drug-likeness (QED) is 0.804. The summed E-state index contributed by atoms with van der Waals surface area (Å²) in [7, 11) is 0. The van der Waals surface area contributed by atoms with Crippen molar-refractivity contribution < 1.29 is 4.79 Å². The van der Waals surface area contributed by atoms with Crippen LogP contribution < -0.4 is 5.56 Å². The maximum absolute atomic E-state index is 12.9. The van der Waals surface area contributed by atoms with Gasteiger partial charge in [0.25, 0.3) is 5.56 Å². The molecule has 1 N–H and O–H groups in total. The van der Waals surface area contributed by atoms with E-state index in [1.165, 1.54) is 0 Å². The van der Waals surface area contributed by atoms with Crippen LogP contribution >= 0.6 is 11.6 Å². The van der Waals surface area contributed by atoms with E-state index in [4.69, 9.17) is 16.6 Å². The average molecular weight is 400 g/mol. The van der Waals surface area contributed by atoms with E-state index in [-0.39, 0.29) is 23.3 Å². The first kappa shape index (κ1) is 19.2. The highest BCUT2D eigenvalue weighted by Gasteiger charge is 2.36. The molecule has 2 aliphatic rings. The van der Waals surface area contributed by atoms with Crippen molar-refractivity contribution in [2.75, 3.05) is 6.54 Å². The predicted molar refractivity (Wildman–Crippen MR) is 110 cm³/mol. The second-order valence-corrected chi connectivity index (χ2v) is 8.41. The molecular formula is C22H26ClN3O2. The molecule has 2 aromatic rings. The molecule has 1 atom stereocenters. The lowest BCUT2D eigenvalue weighted by Gasteiger charge is -2.37. The first-order valence-electron chi connectivity index (χ1n) is 10.2. The van der Waals surface area contributed by atoms with Gasteiger partial charge in [-0.2, -0.15) is 0 Å². The van der Waals surface area contributed by atoms with Gasteiger partial charge in [0.15, 0.2) is 0 Å². The van der Waals surface area contributed by atoms with E-state index in [1.807, 2.05) is 17.0 Å². The highest BCUT2D eigenvalue weighted by atomic mass is 35.5. The molecule has 6 heteroatoms.